The lowest BCUT2D eigenvalue weighted by molar-refractivity contribution is 0.202. The molecule has 11 heteroatoms. The number of H-pyrrole nitrogens is 1. The van der Waals surface area contributed by atoms with Crippen molar-refractivity contribution in [2.45, 2.75) is 25.3 Å². The summed E-state index contributed by atoms with van der Waals surface area (Å²) in [5.74, 6) is 2.98. The SMILES string of the molecule is N=C(c1ccc(CN2CCC(c3nc(-c4ccccn4)n[nH]3)CC2)cc1)N1C(=N)c2cc(Br)ccc2Nc2ncccc21. The molecule has 2 aliphatic rings. The van der Waals surface area contributed by atoms with Gasteiger partial charge in [-0.15, -0.1) is 0 Å². The van der Waals surface area contributed by atoms with Gasteiger partial charge in [0, 0.05) is 40.5 Å². The van der Waals surface area contributed by atoms with Crippen molar-refractivity contribution in [2.24, 2.45) is 0 Å². The van der Waals surface area contributed by atoms with Crippen LogP contribution in [0.4, 0.5) is 17.2 Å². The highest BCUT2D eigenvalue weighted by Gasteiger charge is 2.29. The van der Waals surface area contributed by atoms with Crippen LogP contribution in [0.25, 0.3) is 11.5 Å². The summed E-state index contributed by atoms with van der Waals surface area (Å²) in [7, 11) is 0. The first-order valence-electron chi connectivity index (χ1n) is 14.2. The minimum absolute atomic E-state index is 0.214. The molecule has 0 spiro atoms. The van der Waals surface area contributed by atoms with Gasteiger partial charge < -0.3 is 5.32 Å². The van der Waals surface area contributed by atoms with Gasteiger partial charge in [-0.1, -0.05) is 46.3 Å². The molecule has 7 rings (SSSR count). The molecule has 0 saturated carbocycles. The number of piperidine rings is 1. The highest BCUT2D eigenvalue weighted by Crippen LogP contribution is 2.36. The minimum atomic E-state index is 0.214. The topological polar surface area (TPSA) is 134 Å². The van der Waals surface area contributed by atoms with Crippen molar-refractivity contribution in [1.29, 1.82) is 10.8 Å². The van der Waals surface area contributed by atoms with E-state index in [0.717, 1.165) is 59.7 Å². The standard InChI is InChI=1S/C32H29BrN10/c33-23-10-11-25-24(18-23)29(35)43(27-5-3-15-37-32(27)38-25)28(34)21-8-6-20(7-9-21)19-42-16-12-22(13-17-42)30-39-31(41-40-30)26-4-1-2-14-36-26/h1-11,14-15,18,22,34-35H,12-13,16-17,19H2,(H,37,38)(H,39,40,41). The van der Waals surface area contributed by atoms with Gasteiger partial charge in [0.15, 0.2) is 11.6 Å². The molecule has 0 radical (unpaired) electrons. The van der Waals surface area contributed by atoms with Gasteiger partial charge in [-0.3, -0.25) is 30.7 Å². The van der Waals surface area contributed by atoms with E-state index < -0.39 is 0 Å². The van der Waals surface area contributed by atoms with Crippen molar-refractivity contribution >= 4 is 44.8 Å². The first kappa shape index (κ1) is 27.1. The average molecular weight is 634 g/mol. The molecule has 3 aromatic heterocycles. The Bertz CT molecular complexity index is 1790. The lowest BCUT2D eigenvalue weighted by atomic mass is 9.95. The van der Waals surface area contributed by atoms with Gasteiger partial charge in [0.1, 0.15) is 23.2 Å². The predicted molar refractivity (Wildman–Crippen MR) is 171 cm³/mol. The molecule has 0 atom stereocenters. The number of fused-ring (bicyclic) bond motifs is 2. The summed E-state index contributed by atoms with van der Waals surface area (Å²) in [6.07, 6.45) is 5.49. The molecule has 2 aromatic carbocycles. The molecule has 1 saturated heterocycles. The number of amidine groups is 2. The van der Waals surface area contributed by atoms with Gasteiger partial charge in [0.05, 0.1) is 11.4 Å². The molecule has 43 heavy (non-hydrogen) atoms. The number of hydrogen-bond acceptors (Lipinski definition) is 8. The van der Waals surface area contributed by atoms with E-state index in [9.17, 15) is 0 Å². The fourth-order valence-electron chi connectivity index (χ4n) is 5.68. The summed E-state index contributed by atoms with van der Waals surface area (Å²) >= 11 is 3.53. The maximum absolute atomic E-state index is 9.15. The van der Waals surface area contributed by atoms with Gasteiger partial charge >= 0.3 is 0 Å². The van der Waals surface area contributed by atoms with E-state index in [4.69, 9.17) is 15.8 Å². The van der Waals surface area contributed by atoms with Crippen LogP contribution in [-0.4, -0.2) is 54.8 Å². The normalized spacial score (nSPS) is 15.4. The van der Waals surface area contributed by atoms with E-state index in [0.29, 0.717) is 28.8 Å². The zero-order valence-corrected chi connectivity index (χ0v) is 24.8. The predicted octanol–water partition coefficient (Wildman–Crippen LogP) is 6.32. The van der Waals surface area contributed by atoms with Crippen molar-refractivity contribution in [3.05, 3.63) is 112 Å². The van der Waals surface area contributed by atoms with E-state index in [1.807, 2.05) is 60.7 Å². The third-order valence-electron chi connectivity index (χ3n) is 7.97. The zero-order valence-electron chi connectivity index (χ0n) is 23.3. The van der Waals surface area contributed by atoms with E-state index >= 15 is 0 Å². The van der Waals surface area contributed by atoms with Gasteiger partial charge in [-0.25, -0.2) is 9.97 Å². The number of anilines is 3. The van der Waals surface area contributed by atoms with Gasteiger partial charge in [0.25, 0.3) is 0 Å². The number of benzene rings is 2. The molecular formula is C32H29BrN10. The molecule has 5 heterocycles. The first-order chi connectivity index (χ1) is 21.0. The minimum Gasteiger partial charge on any atom is -0.338 e. The van der Waals surface area contributed by atoms with Crippen LogP contribution in [0.2, 0.25) is 0 Å². The molecule has 10 nitrogen and oxygen atoms in total. The maximum Gasteiger partial charge on any atom is 0.199 e. The molecule has 214 valence electrons. The van der Waals surface area contributed by atoms with Crippen LogP contribution in [0, 0.1) is 10.8 Å². The number of nitrogens with one attached hydrogen (secondary N) is 4. The second-order valence-electron chi connectivity index (χ2n) is 10.7. The smallest absolute Gasteiger partial charge is 0.199 e. The molecule has 2 aliphatic heterocycles. The number of rotatable bonds is 5. The lowest BCUT2D eigenvalue weighted by Crippen LogP contribution is -2.37. The number of halogens is 1. The number of aromatic amines is 1. The molecule has 4 N–H and O–H groups in total. The van der Waals surface area contributed by atoms with Crippen LogP contribution in [-0.2, 0) is 6.54 Å². The third kappa shape index (κ3) is 5.44. The third-order valence-corrected chi connectivity index (χ3v) is 8.46. The second-order valence-corrected chi connectivity index (χ2v) is 11.6. The summed E-state index contributed by atoms with van der Waals surface area (Å²) in [6.45, 7) is 2.78. The lowest BCUT2D eigenvalue weighted by Gasteiger charge is -2.31. The molecule has 0 bridgehead atoms. The summed E-state index contributed by atoms with van der Waals surface area (Å²) < 4.78 is 0.867. The highest BCUT2D eigenvalue weighted by molar-refractivity contribution is 9.10. The van der Waals surface area contributed by atoms with Crippen LogP contribution in [0.15, 0.2) is 89.7 Å². The summed E-state index contributed by atoms with van der Waals surface area (Å²) in [5.41, 5.74) is 4.83. The van der Waals surface area contributed by atoms with Crippen molar-refractivity contribution in [3.63, 3.8) is 0 Å². The Balaban J connectivity index is 1.03. The molecular weight excluding hydrogens is 604 g/mol. The molecule has 5 aromatic rings. The number of pyridine rings is 2. The van der Waals surface area contributed by atoms with Crippen molar-refractivity contribution in [3.8, 4) is 11.5 Å². The van der Waals surface area contributed by atoms with E-state index in [-0.39, 0.29) is 11.7 Å². The van der Waals surface area contributed by atoms with Crippen molar-refractivity contribution in [1.82, 2.24) is 30.0 Å². The van der Waals surface area contributed by atoms with Crippen LogP contribution in [0.1, 0.15) is 41.3 Å². The zero-order chi connectivity index (χ0) is 29.3. The highest BCUT2D eigenvalue weighted by atomic mass is 79.9. The molecule has 1 fully saturated rings. The largest absolute Gasteiger partial charge is 0.338 e. The fraction of sp³-hybridized carbons (Fsp3) is 0.188. The number of likely N-dealkylation sites (tertiary alicyclic amines) is 1. The summed E-state index contributed by atoms with van der Waals surface area (Å²) in [6, 6.07) is 23.3. The van der Waals surface area contributed by atoms with E-state index in [2.05, 4.69) is 58.4 Å². The van der Waals surface area contributed by atoms with Crippen molar-refractivity contribution in [2.75, 3.05) is 23.3 Å². The summed E-state index contributed by atoms with van der Waals surface area (Å²) in [4.78, 5) is 17.7. The van der Waals surface area contributed by atoms with Crippen molar-refractivity contribution < 1.29 is 0 Å². The Kier molecular flexibility index (Phi) is 7.25. The molecule has 0 aliphatic carbocycles. The number of nitrogens with zero attached hydrogens (tertiary/aromatic N) is 6. The maximum atomic E-state index is 9.15. The molecule has 0 unspecified atom stereocenters. The molecule has 0 amide bonds. The van der Waals surface area contributed by atoms with E-state index in [1.54, 1.807) is 17.3 Å². The Labute approximate surface area is 257 Å². The Hall–Kier alpha value is -4.74. The Morgan fingerprint density at radius 1 is 0.953 bits per heavy atom. The quantitative estimate of drug-likeness (QED) is 0.132. The number of aromatic nitrogens is 5. The van der Waals surface area contributed by atoms with Gasteiger partial charge in [-0.2, -0.15) is 5.10 Å². The van der Waals surface area contributed by atoms with Crippen LogP contribution in [0.3, 0.4) is 0 Å². The van der Waals surface area contributed by atoms with E-state index in [1.165, 1.54) is 5.56 Å². The number of hydrogen-bond donors (Lipinski definition) is 4. The summed E-state index contributed by atoms with van der Waals surface area (Å²) in [5, 5.41) is 29.1. The van der Waals surface area contributed by atoms with Gasteiger partial charge in [0.2, 0.25) is 0 Å². The van der Waals surface area contributed by atoms with Crippen LogP contribution < -0.4 is 10.2 Å². The first-order valence-corrected chi connectivity index (χ1v) is 15.0. The second kappa shape index (κ2) is 11.5. The van der Waals surface area contributed by atoms with Gasteiger partial charge in [-0.05, 0) is 74.0 Å². The van der Waals surface area contributed by atoms with Crippen LogP contribution >= 0.6 is 15.9 Å². The monoisotopic (exact) mass is 632 g/mol. The fourth-order valence-corrected chi connectivity index (χ4v) is 6.04. The Morgan fingerprint density at radius 2 is 1.77 bits per heavy atom. The average Bonchev–Trinajstić information content (AvgIpc) is 3.50. The van der Waals surface area contributed by atoms with Crippen LogP contribution in [0.5, 0.6) is 0 Å². The Morgan fingerprint density at radius 3 is 2.56 bits per heavy atom.